The Labute approximate surface area is 106 Å². The smallest absolute Gasteiger partial charge is 0.159 e. The Morgan fingerprint density at radius 3 is 2.82 bits per heavy atom. The first-order valence-electron chi connectivity index (χ1n) is 6.19. The van der Waals surface area contributed by atoms with E-state index >= 15 is 0 Å². The number of fused-ring (bicyclic) bond motifs is 3. The first kappa shape index (κ1) is 11.4. The lowest BCUT2D eigenvalue weighted by Gasteiger charge is -2.46. The van der Waals surface area contributed by atoms with E-state index < -0.39 is 0 Å². The lowest BCUT2D eigenvalue weighted by molar-refractivity contribution is 0.147. The number of aryl methyl sites for hydroxylation is 1. The van der Waals surface area contributed by atoms with Crippen molar-refractivity contribution in [3.05, 3.63) is 23.1 Å². The molecular weight excluding hydrogens is 232 g/mol. The average molecular weight is 250 g/mol. The molecule has 2 bridgehead atoms. The van der Waals surface area contributed by atoms with Gasteiger partial charge in [-0.15, -0.1) is 11.8 Å². The third-order valence-electron chi connectivity index (χ3n) is 3.80. The Morgan fingerprint density at radius 2 is 2.24 bits per heavy atom. The van der Waals surface area contributed by atoms with Crippen LogP contribution < -0.4 is 0 Å². The van der Waals surface area contributed by atoms with Gasteiger partial charge in [-0.05, 0) is 43.6 Å². The Hall–Kier alpha value is -0.740. The van der Waals surface area contributed by atoms with Crippen LogP contribution >= 0.6 is 11.8 Å². The molecule has 1 aromatic heterocycles. The Kier molecular flexibility index (Phi) is 3.01. The summed E-state index contributed by atoms with van der Waals surface area (Å²) in [6.45, 7) is 4.47. The maximum atomic E-state index is 5.31. The Bertz CT molecular complexity index is 432. The van der Waals surface area contributed by atoms with Crippen molar-refractivity contribution in [3.8, 4) is 0 Å². The monoisotopic (exact) mass is 250 g/mol. The molecule has 3 aliphatic heterocycles. The van der Waals surface area contributed by atoms with Crippen molar-refractivity contribution in [2.75, 3.05) is 19.3 Å². The number of thioether (sulfide) groups is 1. The van der Waals surface area contributed by atoms with Crippen LogP contribution in [0.25, 0.3) is 6.08 Å². The van der Waals surface area contributed by atoms with Crippen molar-refractivity contribution < 1.29 is 4.52 Å². The second-order valence-corrected chi connectivity index (χ2v) is 5.83. The molecule has 3 fully saturated rings. The molecule has 1 aromatic rings. The molecule has 17 heavy (non-hydrogen) atoms. The highest BCUT2D eigenvalue weighted by molar-refractivity contribution is 7.99. The van der Waals surface area contributed by atoms with Gasteiger partial charge in [0.05, 0.1) is 11.1 Å². The summed E-state index contributed by atoms with van der Waals surface area (Å²) in [5.74, 6) is 1.66. The molecule has 92 valence electrons. The first-order valence-corrected chi connectivity index (χ1v) is 7.48. The van der Waals surface area contributed by atoms with E-state index in [1.54, 1.807) is 0 Å². The molecule has 1 atom stereocenters. The summed E-state index contributed by atoms with van der Waals surface area (Å²) in [5.41, 5.74) is 2.49. The van der Waals surface area contributed by atoms with Crippen molar-refractivity contribution in [2.45, 2.75) is 25.1 Å². The fraction of sp³-hybridized carbons (Fsp3) is 0.615. The summed E-state index contributed by atoms with van der Waals surface area (Å²) in [7, 11) is 0. The molecule has 4 rings (SSSR count). The quantitative estimate of drug-likeness (QED) is 0.807. The molecular formula is C13H18N2OS. The number of hydrogen-bond acceptors (Lipinski definition) is 4. The largest absolute Gasteiger partial charge is 0.357 e. The average Bonchev–Trinajstić information content (AvgIpc) is 2.76. The molecule has 3 aliphatic rings. The van der Waals surface area contributed by atoms with Gasteiger partial charge < -0.3 is 4.52 Å². The molecule has 3 nitrogen and oxygen atoms in total. The van der Waals surface area contributed by atoms with Gasteiger partial charge in [-0.2, -0.15) is 0 Å². The lowest BCUT2D eigenvalue weighted by atomic mass is 9.83. The van der Waals surface area contributed by atoms with Crippen LogP contribution in [0.15, 0.2) is 16.2 Å². The van der Waals surface area contributed by atoms with Crippen molar-refractivity contribution in [3.63, 3.8) is 0 Å². The highest BCUT2D eigenvalue weighted by Crippen LogP contribution is 2.41. The van der Waals surface area contributed by atoms with Crippen LogP contribution in [0.1, 0.15) is 24.3 Å². The van der Waals surface area contributed by atoms with Crippen molar-refractivity contribution in [1.29, 1.82) is 0 Å². The molecule has 0 aliphatic carbocycles. The molecule has 0 N–H and O–H groups in total. The van der Waals surface area contributed by atoms with E-state index in [-0.39, 0.29) is 0 Å². The van der Waals surface area contributed by atoms with Crippen molar-refractivity contribution in [1.82, 2.24) is 10.1 Å². The van der Waals surface area contributed by atoms with E-state index in [1.807, 2.05) is 24.8 Å². The maximum Gasteiger partial charge on any atom is 0.159 e. The van der Waals surface area contributed by atoms with E-state index in [2.05, 4.69) is 22.4 Å². The van der Waals surface area contributed by atoms with Gasteiger partial charge in [-0.1, -0.05) is 5.16 Å². The molecule has 0 aromatic carbocycles. The third kappa shape index (κ3) is 2.04. The zero-order valence-electron chi connectivity index (χ0n) is 10.3. The molecule has 0 unspecified atom stereocenters. The van der Waals surface area contributed by atoms with Crippen molar-refractivity contribution >= 4 is 17.8 Å². The summed E-state index contributed by atoms with van der Waals surface area (Å²) >= 11 is 1.94. The van der Waals surface area contributed by atoms with Crippen LogP contribution in [0, 0.1) is 12.8 Å². The van der Waals surface area contributed by atoms with E-state index in [1.165, 1.54) is 31.5 Å². The summed E-state index contributed by atoms with van der Waals surface area (Å²) < 4.78 is 5.31. The van der Waals surface area contributed by atoms with Crippen LogP contribution in [0.3, 0.4) is 0 Å². The molecule has 0 radical (unpaired) electrons. The van der Waals surface area contributed by atoms with Gasteiger partial charge in [0.1, 0.15) is 0 Å². The minimum Gasteiger partial charge on any atom is -0.357 e. The zero-order chi connectivity index (χ0) is 11.8. The van der Waals surface area contributed by atoms with E-state index in [9.17, 15) is 0 Å². The molecule has 4 heterocycles. The van der Waals surface area contributed by atoms with Crippen LogP contribution in [0.5, 0.6) is 0 Å². The molecule has 3 saturated heterocycles. The van der Waals surface area contributed by atoms with Crippen LogP contribution in [0.2, 0.25) is 0 Å². The van der Waals surface area contributed by atoms with E-state index in [0.29, 0.717) is 5.37 Å². The van der Waals surface area contributed by atoms with Gasteiger partial charge in [-0.3, -0.25) is 4.90 Å². The van der Waals surface area contributed by atoms with Crippen LogP contribution in [-0.4, -0.2) is 34.8 Å². The van der Waals surface area contributed by atoms with E-state index in [4.69, 9.17) is 4.52 Å². The molecule has 0 saturated carbocycles. The van der Waals surface area contributed by atoms with Gasteiger partial charge >= 0.3 is 0 Å². The predicted molar refractivity (Wildman–Crippen MR) is 70.8 cm³/mol. The highest BCUT2D eigenvalue weighted by Gasteiger charge is 2.37. The number of rotatable bonds is 2. The third-order valence-corrected chi connectivity index (χ3v) is 4.81. The van der Waals surface area contributed by atoms with Gasteiger partial charge in [0, 0.05) is 19.2 Å². The fourth-order valence-electron chi connectivity index (χ4n) is 2.97. The maximum absolute atomic E-state index is 5.31. The normalized spacial score (nSPS) is 34.5. The van der Waals surface area contributed by atoms with Crippen LogP contribution in [0.4, 0.5) is 0 Å². The van der Waals surface area contributed by atoms with Gasteiger partial charge in [0.2, 0.25) is 0 Å². The van der Waals surface area contributed by atoms with Crippen molar-refractivity contribution in [2.24, 2.45) is 5.92 Å². The summed E-state index contributed by atoms with van der Waals surface area (Å²) in [6.07, 6.45) is 7.02. The standard InChI is InChI=1S/C13H18N2OS/c1-9-7-11(16-14-9)8-12-10-3-5-15(6-4-10)13(12)17-2/h7-8,10,13H,3-6H2,1-2H3/b12-8+/t13-/m1/s1. The summed E-state index contributed by atoms with van der Waals surface area (Å²) in [4.78, 5) is 2.58. The number of hydrogen-bond donors (Lipinski definition) is 0. The lowest BCUT2D eigenvalue weighted by Crippen LogP contribution is -2.48. The first-order chi connectivity index (χ1) is 8.28. The SMILES string of the molecule is CS[C@@H]1/C(=C/c2cc(C)no2)C2CCN1CC2. The molecule has 4 heteroatoms. The minimum atomic E-state index is 0.549. The van der Waals surface area contributed by atoms with Gasteiger partial charge in [0.25, 0.3) is 0 Å². The fourth-order valence-corrected chi connectivity index (χ4v) is 4.01. The number of nitrogens with zero attached hydrogens (tertiary/aromatic N) is 2. The van der Waals surface area contributed by atoms with E-state index in [0.717, 1.165) is 17.4 Å². The second kappa shape index (κ2) is 4.50. The summed E-state index contributed by atoms with van der Waals surface area (Å²) in [6, 6.07) is 2.02. The summed E-state index contributed by atoms with van der Waals surface area (Å²) in [5, 5.41) is 4.50. The zero-order valence-corrected chi connectivity index (χ0v) is 11.2. The van der Waals surface area contributed by atoms with Gasteiger partial charge in [0.15, 0.2) is 5.76 Å². The Balaban J connectivity index is 1.92. The number of aromatic nitrogens is 1. The molecule has 0 spiro atoms. The minimum absolute atomic E-state index is 0.549. The number of piperidine rings is 3. The van der Waals surface area contributed by atoms with Gasteiger partial charge in [-0.25, -0.2) is 0 Å². The topological polar surface area (TPSA) is 29.3 Å². The second-order valence-electron chi connectivity index (χ2n) is 4.91. The molecule has 0 amide bonds. The highest BCUT2D eigenvalue weighted by atomic mass is 32.2. The Morgan fingerprint density at radius 1 is 1.47 bits per heavy atom. The predicted octanol–water partition coefficient (Wildman–Crippen LogP) is 2.78. The van der Waals surface area contributed by atoms with Crippen LogP contribution in [-0.2, 0) is 0 Å².